The fourth-order valence-electron chi connectivity index (χ4n) is 2.06. The summed E-state index contributed by atoms with van der Waals surface area (Å²) in [4.78, 5) is 7.25. The number of benzene rings is 2. The van der Waals surface area contributed by atoms with Gasteiger partial charge >= 0.3 is 0 Å². The number of ether oxygens (including phenoxy) is 1. The van der Waals surface area contributed by atoms with Crippen molar-refractivity contribution in [3.8, 4) is 11.5 Å². The largest absolute Gasteiger partial charge is 0.457 e. The van der Waals surface area contributed by atoms with Crippen LogP contribution in [-0.2, 0) is 13.1 Å². The first-order valence-electron chi connectivity index (χ1n) is 6.91. The third-order valence-corrected chi connectivity index (χ3v) is 3.05. The van der Waals surface area contributed by atoms with Gasteiger partial charge in [0.25, 0.3) is 0 Å². The maximum atomic E-state index is 5.82. The third-order valence-electron chi connectivity index (χ3n) is 3.05. The van der Waals surface area contributed by atoms with E-state index in [-0.39, 0.29) is 0 Å². The molecule has 0 radical (unpaired) electrons. The van der Waals surface area contributed by atoms with Crippen LogP contribution in [0, 0.1) is 0 Å². The quantitative estimate of drug-likeness (QED) is 0.726. The van der Waals surface area contributed by atoms with E-state index >= 15 is 0 Å². The van der Waals surface area contributed by atoms with Gasteiger partial charge in [0, 0.05) is 18.9 Å². The zero-order valence-electron chi connectivity index (χ0n) is 11.6. The summed E-state index contributed by atoms with van der Waals surface area (Å²) in [5.74, 6) is 2.63. The summed E-state index contributed by atoms with van der Waals surface area (Å²) in [7, 11) is 0. The SMILES string of the molecule is c1ccc(Oc2cccc(CNCc3ncc[nH]3)c2)cc1. The standard InChI is InChI=1S/C17H17N3O/c1-2-6-15(7-3-1)21-16-8-4-5-14(11-16)12-18-13-17-19-9-10-20-17/h1-11,18H,12-13H2,(H,19,20). The molecule has 3 rings (SSSR count). The highest BCUT2D eigenvalue weighted by molar-refractivity contribution is 5.33. The monoisotopic (exact) mass is 279 g/mol. The molecule has 0 atom stereocenters. The first-order chi connectivity index (χ1) is 10.4. The van der Waals surface area contributed by atoms with Crippen LogP contribution in [0.1, 0.15) is 11.4 Å². The van der Waals surface area contributed by atoms with Crippen LogP contribution < -0.4 is 10.1 Å². The number of hydrogen-bond donors (Lipinski definition) is 2. The second-order valence-corrected chi connectivity index (χ2v) is 4.70. The van der Waals surface area contributed by atoms with Gasteiger partial charge in [0.15, 0.2) is 0 Å². The Balaban J connectivity index is 1.58. The molecule has 0 aliphatic rings. The average Bonchev–Trinajstić information content (AvgIpc) is 3.02. The Kier molecular flexibility index (Phi) is 4.29. The summed E-state index contributed by atoms with van der Waals surface area (Å²) in [5, 5.41) is 3.35. The van der Waals surface area contributed by atoms with E-state index in [1.54, 1.807) is 6.20 Å². The van der Waals surface area contributed by atoms with Gasteiger partial charge in [-0.2, -0.15) is 0 Å². The number of nitrogens with one attached hydrogen (secondary N) is 2. The van der Waals surface area contributed by atoms with E-state index in [1.165, 1.54) is 5.56 Å². The van der Waals surface area contributed by atoms with Crippen molar-refractivity contribution in [3.63, 3.8) is 0 Å². The Morgan fingerprint density at radius 3 is 2.62 bits per heavy atom. The molecule has 0 saturated heterocycles. The maximum Gasteiger partial charge on any atom is 0.127 e. The molecule has 0 unspecified atom stereocenters. The number of H-pyrrole nitrogens is 1. The van der Waals surface area contributed by atoms with Crippen molar-refractivity contribution in [3.05, 3.63) is 78.4 Å². The van der Waals surface area contributed by atoms with E-state index in [1.807, 2.05) is 54.7 Å². The molecule has 0 spiro atoms. The molecule has 0 aliphatic heterocycles. The molecule has 1 heterocycles. The Morgan fingerprint density at radius 2 is 1.81 bits per heavy atom. The Hall–Kier alpha value is -2.59. The highest BCUT2D eigenvalue weighted by Gasteiger charge is 2.00. The smallest absolute Gasteiger partial charge is 0.127 e. The zero-order valence-corrected chi connectivity index (χ0v) is 11.6. The molecule has 2 aromatic carbocycles. The number of rotatable bonds is 6. The summed E-state index contributed by atoms with van der Waals surface area (Å²) in [5.41, 5.74) is 1.18. The van der Waals surface area contributed by atoms with Gasteiger partial charge in [-0.05, 0) is 29.8 Å². The lowest BCUT2D eigenvalue weighted by Gasteiger charge is -2.08. The van der Waals surface area contributed by atoms with Gasteiger partial charge in [0.2, 0.25) is 0 Å². The number of aromatic nitrogens is 2. The molecule has 1 aromatic heterocycles. The van der Waals surface area contributed by atoms with Crippen molar-refractivity contribution >= 4 is 0 Å². The van der Waals surface area contributed by atoms with Crippen LogP contribution in [0.25, 0.3) is 0 Å². The average molecular weight is 279 g/mol. The summed E-state index contributed by atoms with van der Waals surface area (Å²) < 4.78 is 5.82. The molecule has 4 nitrogen and oxygen atoms in total. The van der Waals surface area contributed by atoms with Crippen LogP contribution >= 0.6 is 0 Å². The summed E-state index contributed by atoms with van der Waals surface area (Å²) >= 11 is 0. The number of para-hydroxylation sites is 1. The fourth-order valence-corrected chi connectivity index (χ4v) is 2.06. The highest BCUT2D eigenvalue weighted by Crippen LogP contribution is 2.21. The minimum Gasteiger partial charge on any atom is -0.457 e. The van der Waals surface area contributed by atoms with E-state index in [0.717, 1.165) is 30.4 Å². The highest BCUT2D eigenvalue weighted by atomic mass is 16.5. The molecular formula is C17H17N3O. The molecular weight excluding hydrogens is 262 g/mol. The minimum atomic E-state index is 0.719. The van der Waals surface area contributed by atoms with Crippen LogP contribution in [0.15, 0.2) is 67.0 Å². The Morgan fingerprint density at radius 1 is 0.952 bits per heavy atom. The van der Waals surface area contributed by atoms with E-state index in [9.17, 15) is 0 Å². The lowest BCUT2D eigenvalue weighted by atomic mass is 10.2. The Labute approximate surface area is 123 Å². The van der Waals surface area contributed by atoms with Crippen molar-refractivity contribution in [1.29, 1.82) is 0 Å². The van der Waals surface area contributed by atoms with Gasteiger partial charge in [-0.1, -0.05) is 30.3 Å². The van der Waals surface area contributed by atoms with Crippen molar-refractivity contribution in [2.75, 3.05) is 0 Å². The van der Waals surface area contributed by atoms with Crippen LogP contribution in [0.4, 0.5) is 0 Å². The first kappa shape index (κ1) is 13.4. The predicted molar refractivity (Wildman–Crippen MR) is 82.1 cm³/mol. The second-order valence-electron chi connectivity index (χ2n) is 4.70. The molecule has 4 heteroatoms. The second kappa shape index (κ2) is 6.72. The number of imidazole rings is 1. The van der Waals surface area contributed by atoms with Crippen LogP contribution in [-0.4, -0.2) is 9.97 Å². The van der Waals surface area contributed by atoms with E-state index < -0.39 is 0 Å². The van der Waals surface area contributed by atoms with Crippen molar-refractivity contribution in [2.24, 2.45) is 0 Å². The van der Waals surface area contributed by atoms with Crippen molar-refractivity contribution < 1.29 is 4.74 Å². The van der Waals surface area contributed by atoms with Gasteiger partial charge in [0.05, 0.1) is 6.54 Å². The lowest BCUT2D eigenvalue weighted by Crippen LogP contribution is -2.13. The number of aromatic amines is 1. The van der Waals surface area contributed by atoms with Gasteiger partial charge in [0.1, 0.15) is 17.3 Å². The third kappa shape index (κ3) is 3.94. The zero-order chi connectivity index (χ0) is 14.3. The van der Waals surface area contributed by atoms with Gasteiger partial charge in [-0.15, -0.1) is 0 Å². The molecule has 21 heavy (non-hydrogen) atoms. The molecule has 106 valence electrons. The van der Waals surface area contributed by atoms with Crippen LogP contribution in [0.3, 0.4) is 0 Å². The molecule has 0 bridgehead atoms. The normalized spacial score (nSPS) is 10.5. The number of hydrogen-bond acceptors (Lipinski definition) is 3. The van der Waals surface area contributed by atoms with E-state index in [0.29, 0.717) is 0 Å². The first-order valence-corrected chi connectivity index (χ1v) is 6.91. The lowest BCUT2D eigenvalue weighted by molar-refractivity contribution is 0.481. The molecule has 0 amide bonds. The van der Waals surface area contributed by atoms with Crippen molar-refractivity contribution in [1.82, 2.24) is 15.3 Å². The number of nitrogens with zero attached hydrogens (tertiary/aromatic N) is 1. The van der Waals surface area contributed by atoms with Crippen LogP contribution in [0.2, 0.25) is 0 Å². The summed E-state index contributed by atoms with van der Waals surface area (Å²) in [6, 6.07) is 17.9. The maximum absolute atomic E-state index is 5.82. The van der Waals surface area contributed by atoms with E-state index in [2.05, 4.69) is 21.4 Å². The Bertz CT molecular complexity index is 666. The van der Waals surface area contributed by atoms with Gasteiger partial charge in [-0.25, -0.2) is 4.98 Å². The molecule has 0 saturated carbocycles. The van der Waals surface area contributed by atoms with E-state index in [4.69, 9.17) is 4.74 Å². The minimum absolute atomic E-state index is 0.719. The fraction of sp³-hybridized carbons (Fsp3) is 0.118. The topological polar surface area (TPSA) is 49.9 Å². The summed E-state index contributed by atoms with van der Waals surface area (Å²) in [6.07, 6.45) is 3.58. The molecule has 0 fully saturated rings. The molecule has 3 aromatic rings. The summed E-state index contributed by atoms with van der Waals surface area (Å²) in [6.45, 7) is 1.49. The molecule has 2 N–H and O–H groups in total. The van der Waals surface area contributed by atoms with Crippen LogP contribution in [0.5, 0.6) is 11.5 Å². The molecule has 0 aliphatic carbocycles. The van der Waals surface area contributed by atoms with Crippen molar-refractivity contribution in [2.45, 2.75) is 13.1 Å². The van der Waals surface area contributed by atoms with Gasteiger partial charge in [-0.3, -0.25) is 0 Å². The van der Waals surface area contributed by atoms with Gasteiger partial charge < -0.3 is 15.0 Å². The predicted octanol–water partition coefficient (Wildman–Crippen LogP) is 3.49.